The van der Waals surface area contributed by atoms with Crippen LogP contribution in [-0.2, 0) is 6.54 Å². The first-order valence-corrected chi connectivity index (χ1v) is 7.79. The van der Waals surface area contributed by atoms with Crippen molar-refractivity contribution in [1.29, 1.82) is 0 Å². The van der Waals surface area contributed by atoms with Gasteiger partial charge >= 0.3 is 6.03 Å². The Kier molecular flexibility index (Phi) is 4.78. The normalized spacial score (nSPS) is 18.0. The number of benzene rings is 1. The van der Waals surface area contributed by atoms with Gasteiger partial charge in [0.15, 0.2) is 0 Å². The van der Waals surface area contributed by atoms with Crippen molar-refractivity contribution in [1.82, 2.24) is 20.4 Å². The summed E-state index contributed by atoms with van der Waals surface area (Å²) < 4.78 is 5.13. The van der Waals surface area contributed by atoms with Crippen molar-refractivity contribution in [3.63, 3.8) is 0 Å². The lowest BCUT2D eigenvalue weighted by molar-refractivity contribution is 0.0839. The number of aliphatic hydroxyl groups excluding tert-OH is 1. The molecule has 1 unspecified atom stereocenters. The van der Waals surface area contributed by atoms with E-state index in [1.807, 2.05) is 0 Å². The first-order valence-electron chi connectivity index (χ1n) is 7.41. The van der Waals surface area contributed by atoms with E-state index in [0.717, 1.165) is 18.4 Å². The van der Waals surface area contributed by atoms with Gasteiger partial charge in [0.25, 0.3) is 0 Å². The molecule has 0 spiro atoms. The van der Waals surface area contributed by atoms with Crippen molar-refractivity contribution in [3.05, 3.63) is 35.2 Å². The molecule has 2 amide bonds. The van der Waals surface area contributed by atoms with E-state index in [4.69, 9.17) is 16.1 Å². The Hall–Kier alpha value is -2.12. The number of urea groups is 1. The fourth-order valence-corrected chi connectivity index (χ4v) is 2.57. The SMILES string of the molecule is O=C(NCc1nc(-c2ccc(Cl)cc2)no1)N1CCCC(O)C1. The summed E-state index contributed by atoms with van der Waals surface area (Å²) in [5.74, 6) is 0.764. The molecule has 2 aromatic rings. The fraction of sp³-hybridized carbons (Fsp3) is 0.400. The van der Waals surface area contributed by atoms with Crippen LogP contribution in [0.15, 0.2) is 28.8 Å². The predicted molar refractivity (Wildman–Crippen MR) is 83.8 cm³/mol. The second kappa shape index (κ2) is 6.97. The van der Waals surface area contributed by atoms with E-state index in [9.17, 15) is 9.90 Å². The number of nitrogens with one attached hydrogen (secondary N) is 1. The molecule has 1 aromatic heterocycles. The van der Waals surface area contributed by atoms with Gasteiger partial charge < -0.3 is 19.8 Å². The Morgan fingerprint density at radius 3 is 2.96 bits per heavy atom. The maximum atomic E-state index is 12.0. The summed E-state index contributed by atoms with van der Waals surface area (Å²) in [5.41, 5.74) is 0.787. The number of aliphatic hydroxyl groups is 1. The number of likely N-dealkylation sites (tertiary alicyclic amines) is 1. The van der Waals surface area contributed by atoms with Crippen LogP contribution in [-0.4, -0.2) is 45.4 Å². The van der Waals surface area contributed by atoms with Gasteiger partial charge in [-0.05, 0) is 37.1 Å². The number of amides is 2. The van der Waals surface area contributed by atoms with Crippen LogP contribution in [0.4, 0.5) is 4.79 Å². The lowest BCUT2D eigenvalue weighted by Crippen LogP contribution is -2.46. The molecule has 8 heteroatoms. The molecule has 2 N–H and O–H groups in total. The zero-order valence-electron chi connectivity index (χ0n) is 12.4. The number of aromatic nitrogens is 2. The molecule has 3 rings (SSSR count). The van der Waals surface area contributed by atoms with Gasteiger partial charge in [-0.3, -0.25) is 0 Å². The summed E-state index contributed by atoms with van der Waals surface area (Å²) in [5, 5.41) is 16.8. The number of piperidine rings is 1. The summed E-state index contributed by atoms with van der Waals surface area (Å²) in [6.45, 7) is 1.14. The van der Waals surface area contributed by atoms with Crippen molar-refractivity contribution < 1.29 is 14.4 Å². The van der Waals surface area contributed by atoms with E-state index in [1.54, 1.807) is 29.2 Å². The van der Waals surface area contributed by atoms with Crippen LogP contribution in [0, 0.1) is 0 Å². The third-order valence-electron chi connectivity index (χ3n) is 3.65. The maximum absolute atomic E-state index is 12.0. The molecule has 0 bridgehead atoms. The Balaban J connectivity index is 1.56. The van der Waals surface area contributed by atoms with Gasteiger partial charge in [0.05, 0.1) is 12.6 Å². The number of carbonyl (C=O) groups is 1. The lowest BCUT2D eigenvalue weighted by atomic mass is 10.1. The molecule has 23 heavy (non-hydrogen) atoms. The third-order valence-corrected chi connectivity index (χ3v) is 3.90. The molecule has 2 heterocycles. The van der Waals surface area contributed by atoms with Gasteiger partial charge in [0.2, 0.25) is 11.7 Å². The van der Waals surface area contributed by atoms with Crippen LogP contribution in [0.3, 0.4) is 0 Å². The van der Waals surface area contributed by atoms with Crippen molar-refractivity contribution >= 4 is 17.6 Å². The fourth-order valence-electron chi connectivity index (χ4n) is 2.45. The second-order valence-corrected chi connectivity index (χ2v) is 5.86. The number of carbonyl (C=O) groups excluding carboxylic acids is 1. The van der Waals surface area contributed by atoms with E-state index >= 15 is 0 Å². The van der Waals surface area contributed by atoms with Crippen molar-refractivity contribution in [3.8, 4) is 11.4 Å². The third kappa shape index (κ3) is 4.00. The second-order valence-electron chi connectivity index (χ2n) is 5.42. The number of hydrogen-bond donors (Lipinski definition) is 2. The first-order chi connectivity index (χ1) is 11.1. The first kappa shape index (κ1) is 15.8. The average Bonchev–Trinajstić information content (AvgIpc) is 3.02. The Bertz CT molecular complexity index is 674. The van der Waals surface area contributed by atoms with Gasteiger partial charge in [0, 0.05) is 23.7 Å². The molecule has 1 atom stereocenters. The number of nitrogens with zero attached hydrogens (tertiary/aromatic N) is 3. The van der Waals surface area contributed by atoms with Gasteiger partial charge in [-0.1, -0.05) is 16.8 Å². The van der Waals surface area contributed by atoms with E-state index in [-0.39, 0.29) is 12.6 Å². The van der Waals surface area contributed by atoms with Crippen LogP contribution in [0.25, 0.3) is 11.4 Å². The summed E-state index contributed by atoms with van der Waals surface area (Å²) in [4.78, 5) is 17.9. The molecule has 1 aromatic carbocycles. The Morgan fingerprint density at radius 1 is 1.43 bits per heavy atom. The quantitative estimate of drug-likeness (QED) is 0.895. The molecule has 1 saturated heterocycles. The minimum absolute atomic E-state index is 0.145. The highest BCUT2D eigenvalue weighted by Crippen LogP contribution is 2.18. The van der Waals surface area contributed by atoms with Gasteiger partial charge in [-0.2, -0.15) is 4.98 Å². The number of halogens is 1. The monoisotopic (exact) mass is 336 g/mol. The minimum atomic E-state index is -0.450. The standard InChI is InChI=1S/C15H17ClN4O3/c16-11-5-3-10(4-6-11)14-18-13(23-19-14)8-17-15(22)20-7-1-2-12(21)9-20/h3-6,12,21H,1-2,7-9H2,(H,17,22). The van der Waals surface area contributed by atoms with Crippen molar-refractivity contribution in [2.24, 2.45) is 0 Å². The summed E-state index contributed by atoms with van der Waals surface area (Å²) in [7, 11) is 0. The van der Waals surface area contributed by atoms with Crippen LogP contribution in [0.1, 0.15) is 18.7 Å². The summed E-state index contributed by atoms with van der Waals surface area (Å²) in [6, 6.07) is 6.84. The van der Waals surface area contributed by atoms with Crippen LogP contribution in [0.2, 0.25) is 5.02 Å². The van der Waals surface area contributed by atoms with E-state index in [0.29, 0.717) is 29.8 Å². The molecule has 122 valence electrons. The molecular formula is C15H17ClN4O3. The molecule has 0 radical (unpaired) electrons. The molecular weight excluding hydrogens is 320 g/mol. The molecule has 1 aliphatic rings. The zero-order valence-corrected chi connectivity index (χ0v) is 13.2. The van der Waals surface area contributed by atoms with Crippen LogP contribution >= 0.6 is 11.6 Å². The highest BCUT2D eigenvalue weighted by molar-refractivity contribution is 6.30. The van der Waals surface area contributed by atoms with Crippen LogP contribution in [0.5, 0.6) is 0 Å². The molecule has 0 aliphatic carbocycles. The van der Waals surface area contributed by atoms with E-state index < -0.39 is 6.10 Å². The summed E-state index contributed by atoms with van der Waals surface area (Å²) >= 11 is 5.84. The molecule has 0 saturated carbocycles. The minimum Gasteiger partial charge on any atom is -0.391 e. The van der Waals surface area contributed by atoms with Gasteiger partial charge in [-0.15, -0.1) is 0 Å². The maximum Gasteiger partial charge on any atom is 0.317 e. The number of β-amino-alcohol motifs (C(OH)–C–C–N with tert-alkyl or cyclic N) is 1. The van der Waals surface area contributed by atoms with Crippen LogP contribution < -0.4 is 5.32 Å². The number of rotatable bonds is 3. The smallest absolute Gasteiger partial charge is 0.317 e. The van der Waals surface area contributed by atoms with E-state index in [1.165, 1.54) is 0 Å². The van der Waals surface area contributed by atoms with Gasteiger partial charge in [0.1, 0.15) is 0 Å². The predicted octanol–water partition coefficient (Wildman–Crippen LogP) is 2.06. The topological polar surface area (TPSA) is 91.5 Å². The zero-order chi connectivity index (χ0) is 16.2. The summed E-state index contributed by atoms with van der Waals surface area (Å²) in [6.07, 6.45) is 1.09. The molecule has 1 aliphatic heterocycles. The molecule has 1 fully saturated rings. The Labute approximate surface area is 138 Å². The van der Waals surface area contributed by atoms with Crippen molar-refractivity contribution in [2.45, 2.75) is 25.5 Å². The van der Waals surface area contributed by atoms with Gasteiger partial charge in [-0.25, -0.2) is 4.79 Å². The highest BCUT2D eigenvalue weighted by Gasteiger charge is 2.22. The molecule has 7 nitrogen and oxygen atoms in total. The average molecular weight is 337 g/mol. The Morgan fingerprint density at radius 2 is 2.22 bits per heavy atom. The lowest BCUT2D eigenvalue weighted by Gasteiger charge is -2.29. The van der Waals surface area contributed by atoms with E-state index in [2.05, 4.69) is 15.5 Å². The number of hydrogen-bond acceptors (Lipinski definition) is 5. The van der Waals surface area contributed by atoms with Crippen molar-refractivity contribution in [2.75, 3.05) is 13.1 Å². The largest absolute Gasteiger partial charge is 0.391 e. The highest BCUT2D eigenvalue weighted by atomic mass is 35.5.